The quantitative estimate of drug-likeness (QED) is 0.583. The topological polar surface area (TPSA) is 52.6 Å². The van der Waals surface area contributed by atoms with Gasteiger partial charge in [-0.25, -0.2) is 0 Å². The fourth-order valence-electron chi connectivity index (χ4n) is 1.18. The fraction of sp³-hybridized carbons (Fsp3) is 0.889. The summed E-state index contributed by atoms with van der Waals surface area (Å²) >= 11 is 0. The summed E-state index contributed by atoms with van der Waals surface area (Å²) in [4.78, 5) is 12.7. The maximum absolute atomic E-state index is 10.6. The third-order valence-corrected chi connectivity index (χ3v) is 1.76. The van der Waals surface area contributed by atoms with E-state index < -0.39 is 0 Å². The molecule has 13 heavy (non-hydrogen) atoms. The third kappa shape index (κ3) is 7.74. The maximum Gasteiger partial charge on any atom is 0.216 e. The highest BCUT2D eigenvalue weighted by Crippen LogP contribution is 1.89. The number of hydrogen-bond acceptors (Lipinski definition) is 3. The number of nitrogens with one attached hydrogen (secondary N) is 1. The minimum absolute atomic E-state index is 0.000414. The molecule has 4 heteroatoms. The van der Waals surface area contributed by atoms with Crippen LogP contribution in [-0.2, 0) is 4.79 Å². The SMILES string of the molecule is CCCN(CCO)CCNC(C)=O. The van der Waals surface area contributed by atoms with Crippen molar-refractivity contribution >= 4 is 5.91 Å². The van der Waals surface area contributed by atoms with Crippen LogP contribution in [0.15, 0.2) is 0 Å². The Kier molecular flexibility index (Phi) is 7.63. The van der Waals surface area contributed by atoms with Crippen LogP contribution in [0.4, 0.5) is 0 Å². The minimum Gasteiger partial charge on any atom is -0.395 e. The minimum atomic E-state index is 0.000414. The van der Waals surface area contributed by atoms with Crippen LogP contribution in [0.2, 0.25) is 0 Å². The first-order chi connectivity index (χ1) is 6.20. The Balaban J connectivity index is 3.49. The second kappa shape index (κ2) is 8.01. The van der Waals surface area contributed by atoms with Crippen molar-refractivity contribution in [1.82, 2.24) is 10.2 Å². The van der Waals surface area contributed by atoms with Crippen LogP contribution in [0.3, 0.4) is 0 Å². The van der Waals surface area contributed by atoms with Gasteiger partial charge in [-0.1, -0.05) is 6.92 Å². The molecule has 0 atom stereocenters. The number of hydrogen-bond donors (Lipinski definition) is 2. The van der Waals surface area contributed by atoms with Gasteiger partial charge in [-0.05, 0) is 13.0 Å². The van der Waals surface area contributed by atoms with Crippen molar-refractivity contribution in [2.75, 3.05) is 32.8 Å². The van der Waals surface area contributed by atoms with E-state index in [4.69, 9.17) is 5.11 Å². The van der Waals surface area contributed by atoms with Gasteiger partial charge < -0.3 is 10.4 Å². The molecule has 0 rings (SSSR count). The van der Waals surface area contributed by atoms with Gasteiger partial charge in [-0.2, -0.15) is 0 Å². The van der Waals surface area contributed by atoms with Crippen LogP contribution in [0.1, 0.15) is 20.3 Å². The van der Waals surface area contributed by atoms with Gasteiger partial charge in [0, 0.05) is 26.6 Å². The lowest BCUT2D eigenvalue weighted by molar-refractivity contribution is -0.119. The summed E-state index contributed by atoms with van der Waals surface area (Å²) in [5.41, 5.74) is 0. The molecule has 78 valence electrons. The van der Waals surface area contributed by atoms with E-state index in [1.165, 1.54) is 6.92 Å². The van der Waals surface area contributed by atoms with E-state index in [0.29, 0.717) is 13.1 Å². The molecular weight excluding hydrogens is 168 g/mol. The molecular formula is C9H20N2O2. The molecule has 0 aliphatic rings. The molecule has 0 aliphatic carbocycles. The molecule has 0 saturated carbocycles. The van der Waals surface area contributed by atoms with Gasteiger partial charge in [0.1, 0.15) is 0 Å². The first-order valence-corrected chi connectivity index (χ1v) is 4.78. The summed E-state index contributed by atoms with van der Waals surface area (Å²) in [6.45, 7) is 6.93. The Morgan fingerprint density at radius 3 is 2.54 bits per heavy atom. The molecule has 0 unspecified atom stereocenters. The summed E-state index contributed by atoms with van der Waals surface area (Å²) in [6.07, 6.45) is 1.07. The van der Waals surface area contributed by atoms with Crippen LogP contribution < -0.4 is 5.32 Å². The lowest BCUT2D eigenvalue weighted by Crippen LogP contribution is -2.36. The molecule has 0 aromatic heterocycles. The van der Waals surface area contributed by atoms with Gasteiger partial charge in [0.25, 0.3) is 0 Å². The zero-order chi connectivity index (χ0) is 10.1. The standard InChI is InChI=1S/C9H20N2O2/c1-3-5-11(7-8-12)6-4-10-9(2)13/h12H,3-8H2,1-2H3,(H,10,13). The van der Waals surface area contributed by atoms with Gasteiger partial charge in [0.05, 0.1) is 6.61 Å². The molecule has 0 bridgehead atoms. The van der Waals surface area contributed by atoms with E-state index in [0.717, 1.165) is 19.5 Å². The van der Waals surface area contributed by atoms with Crippen LogP contribution in [0.5, 0.6) is 0 Å². The van der Waals surface area contributed by atoms with Crippen LogP contribution in [0.25, 0.3) is 0 Å². The smallest absolute Gasteiger partial charge is 0.216 e. The number of aliphatic hydroxyl groups is 1. The average molecular weight is 188 g/mol. The summed E-state index contributed by atoms with van der Waals surface area (Å²) in [6, 6.07) is 0. The van der Waals surface area contributed by atoms with Gasteiger partial charge in [0.2, 0.25) is 5.91 Å². The van der Waals surface area contributed by atoms with E-state index in [2.05, 4.69) is 17.1 Å². The lowest BCUT2D eigenvalue weighted by atomic mass is 10.4. The molecule has 0 saturated heterocycles. The van der Waals surface area contributed by atoms with Crippen molar-refractivity contribution in [2.24, 2.45) is 0 Å². The van der Waals surface area contributed by atoms with Gasteiger partial charge >= 0.3 is 0 Å². The van der Waals surface area contributed by atoms with Gasteiger partial charge in [-0.3, -0.25) is 9.69 Å². The molecule has 0 aromatic carbocycles. The van der Waals surface area contributed by atoms with Crippen LogP contribution in [0, 0.1) is 0 Å². The van der Waals surface area contributed by atoms with Crippen LogP contribution >= 0.6 is 0 Å². The van der Waals surface area contributed by atoms with Crippen molar-refractivity contribution in [3.05, 3.63) is 0 Å². The van der Waals surface area contributed by atoms with E-state index in [9.17, 15) is 4.79 Å². The van der Waals surface area contributed by atoms with E-state index in [1.54, 1.807) is 0 Å². The number of carbonyl (C=O) groups is 1. The fourth-order valence-corrected chi connectivity index (χ4v) is 1.18. The first kappa shape index (κ1) is 12.4. The van der Waals surface area contributed by atoms with Crippen LogP contribution in [-0.4, -0.2) is 48.7 Å². The number of aliphatic hydroxyl groups excluding tert-OH is 1. The van der Waals surface area contributed by atoms with Crippen molar-refractivity contribution in [2.45, 2.75) is 20.3 Å². The summed E-state index contributed by atoms with van der Waals surface area (Å²) < 4.78 is 0. The number of rotatable bonds is 7. The molecule has 0 aliphatic heterocycles. The highest BCUT2D eigenvalue weighted by Gasteiger charge is 2.01. The lowest BCUT2D eigenvalue weighted by Gasteiger charge is -2.20. The molecule has 2 N–H and O–H groups in total. The Hall–Kier alpha value is -0.610. The zero-order valence-electron chi connectivity index (χ0n) is 8.55. The Labute approximate surface area is 79.9 Å². The first-order valence-electron chi connectivity index (χ1n) is 4.78. The Morgan fingerprint density at radius 1 is 1.38 bits per heavy atom. The highest BCUT2D eigenvalue weighted by molar-refractivity contribution is 5.72. The Bertz CT molecular complexity index is 134. The molecule has 0 radical (unpaired) electrons. The molecule has 0 heterocycles. The predicted octanol–water partition coefficient (Wildman–Crippen LogP) is -0.173. The number of nitrogens with zero attached hydrogens (tertiary/aromatic N) is 1. The summed E-state index contributed by atoms with van der Waals surface area (Å²) in [7, 11) is 0. The van der Waals surface area contributed by atoms with E-state index in [-0.39, 0.29) is 12.5 Å². The average Bonchev–Trinajstić information content (AvgIpc) is 2.04. The largest absolute Gasteiger partial charge is 0.395 e. The van der Waals surface area contributed by atoms with Crippen molar-refractivity contribution < 1.29 is 9.90 Å². The van der Waals surface area contributed by atoms with Gasteiger partial charge in [-0.15, -0.1) is 0 Å². The molecule has 4 nitrogen and oxygen atoms in total. The maximum atomic E-state index is 10.6. The molecule has 0 spiro atoms. The number of carbonyl (C=O) groups excluding carboxylic acids is 1. The highest BCUT2D eigenvalue weighted by atomic mass is 16.3. The molecule has 1 amide bonds. The number of amides is 1. The predicted molar refractivity (Wildman–Crippen MR) is 52.5 cm³/mol. The zero-order valence-corrected chi connectivity index (χ0v) is 8.55. The van der Waals surface area contributed by atoms with Crippen molar-refractivity contribution in [3.63, 3.8) is 0 Å². The summed E-state index contributed by atoms with van der Waals surface area (Å²) in [5.74, 6) is 0.000414. The molecule has 0 aromatic rings. The van der Waals surface area contributed by atoms with E-state index in [1.807, 2.05) is 0 Å². The normalized spacial score (nSPS) is 10.5. The van der Waals surface area contributed by atoms with Gasteiger partial charge in [0.15, 0.2) is 0 Å². The Morgan fingerprint density at radius 2 is 2.08 bits per heavy atom. The van der Waals surface area contributed by atoms with E-state index >= 15 is 0 Å². The van der Waals surface area contributed by atoms with Crippen molar-refractivity contribution in [1.29, 1.82) is 0 Å². The third-order valence-electron chi connectivity index (χ3n) is 1.76. The van der Waals surface area contributed by atoms with Crippen molar-refractivity contribution in [3.8, 4) is 0 Å². The monoisotopic (exact) mass is 188 g/mol. The summed E-state index contributed by atoms with van der Waals surface area (Å²) in [5, 5.41) is 11.5. The second-order valence-corrected chi connectivity index (χ2v) is 3.05. The second-order valence-electron chi connectivity index (χ2n) is 3.05. The molecule has 0 fully saturated rings.